The molecule has 0 aliphatic heterocycles. The molecule has 0 saturated carbocycles. The number of hydrogen-bond acceptors (Lipinski definition) is 3. The third-order valence-electron chi connectivity index (χ3n) is 2.63. The van der Waals surface area contributed by atoms with Crippen LogP contribution < -0.4 is 4.74 Å². The minimum Gasteiger partial charge on any atom is -0.483 e. The molecule has 0 saturated heterocycles. The molecule has 6 heteroatoms. The predicted octanol–water partition coefficient (Wildman–Crippen LogP) is 1.96. The van der Waals surface area contributed by atoms with E-state index in [1.807, 2.05) is 0 Å². The molecule has 0 heterocycles. The van der Waals surface area contributed by atoms with Gasteiger partial charge in [0.05, 0.1) is 0 Å². The van der Waals surface area contributed by atoms with Crippen molar-refractivity contribution < 1.29 is 19.4 Å². The smallest absolute Gasteiger partial charge is 0.323 e. The van der Waals surface area contributed by atoms with E-state index in [4.69, 9.17) is 21.4 Å². The first-order valence-electron chi connectivity index (χ1n) is 5.83. The quantitative estimate of drug-likeness (QED) is 0.868. The molecule has 0 aromatic heterocycles. The molecule has 104 valence electrons. The van der Waals surface area contributed by atoms with Crippen molar-refractivity contribution in [3.05, 3.63) is 28.8 Å². The molecule has 1 rings (SSSR count). The van der Waals surface area contributed by atoms with Crippen LogP contribution in [0.3, 0.4) is 0 Å². The minimum atomic E-state index is -1.05. The van der Waals surface area contributed by atoms with E-state index >= 15 is 0 Å². The third kappa shape index (κ3) is 4.44. The van der Waals surface area contributed by atoms with Crippen LogP contribution in [0.5, 0.6) is 5.75 Å². The summed E-state index contributed by atoms with van der Waals surface area (Å²) in [7, 11) is 0. The number of benzene rings is 1. The number of aliphatic carboxylic acids is 1. The second-order valence-corrected chi connectivity index (χ2v) is 4.36. The van der Waals surface area contributed by atoms with Gasteiger partial charge in [-0.1, -0.05) is 17.7 Å². The van der Waals surface area contributed by atoms with Crippen molar-refractivity contribution in [1.29, 1.82) is 0 Å². The number of ether oxygens (including phenoxy) is 1. The van der Waals surface area contributed by atoms with E-state index in [0.717, 1.165) is 5.56 Å². The number of rotatable bonds is 6. The topological polar surface area (TPSA) is 66.8 Å². The summed E-state index contributed by atoms with van der Waals surface area (Å²) in [6.07, 6.45) is 0. The summed E-state index contributed by atoms with van der Waals surface area (Å²) < 4.78 is 5.38. The van der Waals surface area contributed by atoms with Crippen molar-refractivity contribution >= 4 is 23.5 Å². The van der Waals surface area contributed by atoms with Crippen molar-refractivity contribution in [3.63, 3.8) is 0 Å². The molecule has 1 amide bonds. The molecular formula is C13H16ClNO4. The highest BCUT2D eigenvalue weighted by molar-refractivity contribution is 6.31. The van der Waals surface area contributed by atoms with Crippen LogP contribution in [0.2, 0.25) is 5.02 Å². The number of halogens is 1. The van der Waals surface area contributed by atoms with Crippen molar-refractivity contribution in [2.24, 2.45) is 0 Å². The Morgan fingerprint density at radius 3 is 2.68 bits per heavy atom. The molecule has 0 atom stereocenters. The van der Waals surface area contributed by atoms with Gasteiger partial charge < -0.3 is 14.7 Å². The van der Waals surface area contributed by atoms with Crippen LogP contribution in [0.4, 0.5) is 0 Å². The van der Waals surface area contributed by atoms with Gasteiger partial charge >= 0.3 is 5.97 Å². The second-order valence-electron chi connectivity index (χ2n) is 3.95. The number of nitrogens with zero attached hydrogens (tertiary/aromatic N) is 1. The third-order valence-corrected chi connectivity index (χ3v) is 3.04. The summed E-state index contributed by atoms with van der Waals surface area (Å²) in [5.41, 5.74) is 0.748. The predicted molar refractivity (Wildman–Crippen MR) is 71.6 cm³/mol. The van der Waals surface area contributed by atoms with E-state index in [1.54, 1.807) is 32.0 Å². The summed E-state index contributed by atoms with van der Waals surface area (Å²) in [4.78, 5) is 23.6. The Kier molecular flexibility index (Phi) is 5.63. The molecule has 0 radical (unpaired) electrons. The average molecular weight is 286 g/mol. The molecule has 1 N–H and O–H groups in total. The first-order valence-corrected chi connectivity index (χ1v) is 6.21. The van der Waals surface area contributed by atoms with Gasteiger partial charge in [0.15, 0.2) is 6.61 Å². The lowest BCUT2D eigenvalue weighted by atomic mass is 10.2. The number of carboxylic acid groups (broad SMARTS) is 1. The number of amides is 1. The first kappa shape index (κ1) is 15.3. The Morgan fingerprint density at radius 2 is 2.11 bits per heavy atom. The van der Waals surface area contributed by atoms with Crippen LogP contribution >= 0.6 is 11.6 Å². The van der Waals surface area contributed by atoms with Gasteiger partial charge in [0, 0.05) is 17.1 Å². The highest BCUT2D eigenvalue weighted by Crippen LogP contribution is 2.24. The highest BCUT2D eigenvalue weighted by Gasteiger charge is 2.16. The van der Waals surface area contributed by atoms with Crippen LogP contribution in [0, 0.1) is 6.92 Å². The number of carboxylic acids is 1. The Morgan fingerprint density at radius 1 is 1.42 bits per heavy atom. The average Bonchev–Trinajstić information content (AvgIpc) is 2.37. The molecule has 5 nitrogen and oxygen atoms in total. The van der Waals surface area contributed by atoms with Crippen molar-refractivity contribution in [1.82, 2.24) is 4.90 Å². The van der Waals surface area contributed by atoms with Gasteiger partial charge in [0.25, 0.3) is 5.91 Å². The van der Waals surface area contributed by atoms with Gasteiger partial charge in [-0.15, -0.1) is 0 Å². The Bertz CT molecular complexity index is 476. The highest BCUT2D eigenvalue weighted by atomic mass is 35.5. The van der Waals surface area contributed by atoms with Gasteiger partial charge in [-0.25, -0.2) is 0 Å². The molecule has 1 aromatic carbocycles. The summed E-state index contributed by atoms with van der Waals surface area (Å²) in [5, 5.41) is 9.24. The molecule has 0 aliphatic carbocycles. The van der Waals surface area contributed by atoms with E-state index in [0.29, 0.717) is 17.3 Å². The summed E-state index contributed by atoms with van der Waals surface area (Å²) >= 11 is 5.93. The lowest BCUT2D eigenvalue weighted by Gasteiger charge is -2.19. The molecule has 0 bridgehead atoms. The normalized spacial score (nSPS) is 10.1. The Hall–Kier alpha value is -1.75. The molecule has 19 heavy (non-hydrogen) atoms. The van der Waals surface area contributed by atoms with Crippen molar-refractivity contribution in [3.8, 4) is 5.75 Å². The van der Waals surface area contributed by atoms with E-state index in [-0.39, 0.29) is 19.1 Å². The molecule has 0 unspecified atom stereocenters. The van der Waals surface area contributed by atoms with Crippen LogP contribution in [0.1, 0.15) is 12.5 Å². The molecule has 0 aliphatic rings. The standard InChI is InChI=1S/C13H16ClNO4/c1-3-15(7-13(17)18)12(16)8-19-11-6-4-5-10(14)9(11)2/h4-6H,3,7-8H2,1-2H3,(H,17,18). The maximum Gasteiger partial charge on any atom is 0.323 e. The maximum atomic E-state index is 11.8. The van der Waals surface area contributed by atoms with Gasteiger partial charge in [0.1, 0.15) is 12.3 Å². The first-order chi connectivity index (χ1) is 8.95. The van der Waals surface area contributed by atoms with Crippen molar-refractivity contribution in [2.75, 3.05) is 19.7 Å². The molecular weight excluding hydrogens is 270 g/mol. The molecule has 0 fully saturated rings. The number of carbonyl (C=O) groups excluding carboxylic acids is 1. The summed E-state index contributed by atoms with van der Waals surface area (Å²) in [6, 6.07) is 5.17. The number of hydrogen-bond donors (Lipinski definition) is 1. The zero-order valence-electron chi connectivity index (χ0n) is 10.9. The van der Waals surface area contributed by atoms with E-state index in [2.05, 4.69) is 0 Å². The molecule has 0 spiro atoms. The van der Waals surface area contributed by atoms with E-state index in [9.17, 15) is 9.59 Å². The second kappa shape index (κ2) is 6.99. The lowest BCUT2D eigenvalue weighted by Crippen LogP contribution is -2.38. The molecule has 1 aromatic rings. The van der Waals surface area contributed by atoms with E-state index in [1.165, 1.54) is 4.90 Å². The fourth-order valence-electron chi connectivity index (χ4n) is 1.51. The largest absolute Gasteiger partial charge is 0.483 e. The summed E-state index contributed by atoms with van der Waals surface area (Å²) in [5.74, 6) is -0.898. The zero-order valence-corrected chi connectivity index (χ0v) is 11.6. The Balaban J connectivity index is 2.62. The summed E-state index contributed by atoms with van der Waals surface area (Å²) in [6.45, 7) is 3.29. The van der Waals surface area contributed by atoms with E-state index < -0.39 is 5.97 Å². The number of carbonyl (C=O) groups is 2. The van der Waals surface area contributed by atoms with Gasteiger partial charge in [-0.3, -0.25) is 9.59 Å². The van der Waals surface area contributed by atoms with Crippen molar-refractivity contribution in [2.45, 2.75) is 13.8 Å². The monoisotopic (exact) mass is 285 g/mol. The maximum absolute atomic E-state index is 11.8. The lowest BCUT2D eigenvalue weighted by molar-refractivity contribution is -0.145. The fraction of sp³-hybridized carbons (Fsp3) is 0.385. The SMILES string of the molecule is CCN(CC(=O)O)C(=O)COc1cccc(Cl)c1C. The van der Waals surface area contributed by atoms with Gasteiger partial charge in [-0.2, -0.15) is 0 Å². The van der Waals surface area contributed by atoms with Gasteiger partial charge in [-0.05, 0) is 26.0 Å². The zero-order chi connectivity index (χ0) is 14.4. The Labute approximate surface area is 116 Å². The van der Waals surface area contributed by atoms with Crippen LogP contribution in [-0.2, 0) is 9.59 Å². The van der Waals surface area contributed by atoms with Crippen LogP contribution in [0.15, 0.2) is 18.2 Å². The minimum absolute atomic E-state index is 0.206. The van der Waals surface area contributed by atoms with Crippen LogP contribution in [0.25, 0.3) is 0 Å². The fourth-order valence-corrected chi connectivity index (χ4v) is 1.68. The van der Waals surface area contributed by atoms with Gasteiger partial charge in [0.2, 0.25) is 0 Å². The van der Waals surface area contributed by atoms with Crippen LogP contribution in [-0.4, -0.2) is 41.6 Å². The number of likely N-dealkylation sites (N-methyl/N-ethyl adjacent to an activating group) is 1.